The summed E-state index contributed by atoms with van der Waals surface area (Å²) in [4.78, 5) is 30.1. The van der Waals surface area contributed by atoms with Crippen LogP contribution in [0.3, 0.4) is 0 Å². The van der Waals surface area contributed by atoms with Gasteiger partial charge in [0.2, 0.25) is 0 Å². The summed E-state index contributed by atoms with van der Waals surface area (Å²) in [6.07, 6.45) is 1.81. The van der Waals surface area contributed by atoms with Gasteiger partial charge in [0.25, 0.3) is 11.5 Å². The van der Waals surface area contributed by atoms with Crippen LogP contribution < -0.4 is 10.9 Å². The van der Waals surface area contributed by atoms with Crippen LogP contribution in [0, 0.1) is 13.8 Å². The number of H-pyrrole nitrogens is 2. The Morgan fingerprint density at radius 1 is 1.19 bits per heavy atom. The fourth-order valence-electron chi connectivity index (χ4n) is 2.52. The number of nitrogens with one attached hydrogen (secondary N) is 3. The molecule has 0 saturated heterocycles. The lowest BCUT2D eigenvalue weighted by Gasteiger charge is -2.08. The number of carbonyl (C=O) groups is 1. The molecule has 0 aliphatic heterocycles. The van der Waals surface area contributed by atoms with Gasteiger partial charge < -0.3 is 15.3 Å². The standard InChI is InChI=1S/C16H15N3O2/c1-9-8-10(2)18-15(20)14(9)16(21)19-13-5-3-4-12-11(13)6-7-17-12/h3-8,17H,1-2H3,(H,18,20)(H,19,21). The summed E-state index contributed by atoms with van der Waals surface area (Å²) in [7, 11) is 0. The van der Waals surface area contributed by atoms with Crippen molar-refractivity contribution in [2.75, 3.05) is 5.32 Å². The van der Waals surface area contributed by atoms with Crippen molar-refractivity contribution in [3.05, 3.63) is 63.7 Å². The van der Waals surface area contributed by atoms with Crippen LogP contribution in [0.15, 0.2) is 41.3 Å². The minimum absolute atomic E-state index is 0.146. The van der Waals surface area contributed by atoms with Gasteiger partial charge in [-0.1, -0.05) is 6.07 Å². The van der Waals surface area contributed by atoms with Gasteiger partial charge in [-0.15, -0.1) is 0 Å². The summed E-state index contributed by atoms with van der Waals surface area (Å²) in [5.41, 5.74) is 2.79. The summed E-state index contributed by atoms with van der Waals surface area (Å²) in [5, 5.41) is 3.72. The number of pyridine rings is 1. The van der Waals surface area contributed by atoms with Crippen LogP contribution in [-0.2, 0) is 0 Å². The zero-order valence-electron chi connectivity index (χ0n) is 11.8. The van der Waals surface area contributed by atoms with E-state index in [2.05, 4.69) is 15.3 Å². The van der Waals surface area contributed by atoms with Gasteiger partial charge in [0.1, 0.15) is 5.56 Å². The fraction of sp³-hybridized carbons (Fsp3) is 0.125. The molecular formula is C16H15N3O2. The van der Waals surface area contributed by atoms with Crippen molar-refractivity contribution in [2.45, 2.75) is 13.8 Å². The van der Waals surface area contributed by atoms with E-state index in [0.717, 1.165) is 16.6 Å². The maximum atomic E-state index is 12.4. The zero-order chi connectivity index (χ0) is 15.0. The van der Waals surface area contributed by atoms with Gasteiger partial charge >= 0.3 is 0 Å². The fourth-order valence-corrected chi connectivity index (χ4v) is 2.52. The Kier molecular flexibility index (Phi) is 3.10. The number of fused-ring (bicyclic) bond motifs is 1. The highest BCUT2D eigenvalue weighted by Crippen LogP contribution is 2.22. The van der Waals surface area contributed by atoms with Crippen LogP contribution in [0.1, 0.15) is 21.6 Å². The van der Waals surface area contributed by atoms with E-state index in [0.29, 0.717) is 11.3 Å². The Balaban J connectivity index is 2.01. The van der Waals surface area contributed by atoms with Crippen molar-refractivity contribution < 1.29 is 4.79 Å². The summed E-state index contributed by atoms with van der Waals surface area (Å²) in [5.74, 6) is -0.401. The van der Waals surface area contributed by atoms with Gasteiger partial charge in [0.15, 0.2) is 0 Å². The lowest BCUT2D eigenvalue weighted by atomic mass is 10.1. The molecule has 1 aromatic carbocycles. The largest absolute Gasteiger partial charge is 0.361 e. The van der Waals surface area contributed by atoms with E-state index >= 15 is 0 Å². The number of aromatic amines is 2. The van der Waals surface area contributed by atoms with E-state index in [-0.39, 0.29) is 11.1 Å². The minimum Gasteiger partial charge on any atom is -0.361 e. The minimum atomic E-state index is -0.401. The van der Waals surface area contributed by atoms with Crippen LogP contribution in [0.2, 0.25) is 0 Å². The SMILES string of the molecule is Cc1cc(C)c(C(=O)Nc2cccc3[nH]ccc23)c(=O)[nH]1. The molecule has 0 fully saturated rings. The van der Waals surface area contributed by atoms with Crippen molar-refractivity contribution in [2.24, 2.45) is 0 Å². The molecule has 0 aliphatic carbocycles. The Morgan fingerprint density at radius 2 is 2.00 bits per heavy atom. The van der Waals surface area contributed by atoms with Crippen molar-refractivity contribution in [3.63, 3.8) is 0 Å². The predicted octanol–water partition coefficient (Wildman–Crippen LogP) is 2.73. The second-order valence-corrected chi connectivity index (χ2v) is 5.04. The van der Waals surface area contributed by atoms with E-state index < -0.39 is 5.91 Å². The van der Waals surface area contributed by atoms with Gasteiger partial charge in [0, 0.05) is 22.8 Å². The molecule has 3 rings (SSSR count). The molecule has 0 radical (unpaired) electrons. The van der Waals surface area contributed by atoms with E-state index in [9.17, 15) is 9.59 Å². The third kappa shape index (κ3) is 2.33. The number of carbonyl (C=O) groups excluding carboxylic acids is 1. The highest BCUT2D eigenvalue weighted by Gasteiger charge is 2.15. The molecule has 0 saturated carbocycles. The lowest BCUT2D eigenvalue weighted by Crippen LogP contribution is -2.25. The highest BCUT2D eigenvalue weighted by molar-refractivity contribution is 6.09. The van der Waals surface area contributed by atoms with Gasteiger partial charge in [-0.25, -0.2) is 0 Å². The molecule has 106 valence electrons. The smallest absolute Gasteiger partial charge is 0.261 e. The average molecular weight is 281 g/mol. The molecular weight excluding hydrogens is 266 g/mol. The molecule has 2 aromatic heterocycles. The molecule has 5 heteroatoms. The number of rotatable bonds is 2. The second-order valence-electron chi connectivity index (χ2n) is 5.04. The number of benzene rings is 1. The second kappa shape index (κ2) is 4.94. The first kappa shape index (κ1) is 13.2. The van der Waals surface area contributed by atoms with E-state index in [1.54, 1.807) is 19.9 Å². The van der Waals surface area contributed by atoms with Crippen molar-refractivity contribution >= 4 is 22.5 Å². The third-order valence-electron chi connectivity index (χ3n) is 3.44. The van der Waals surface area contributed by atoms with Crippen molar-refractivity contribution in [1.29, 1.82) is 0 Å². The summed E-state index contributed by atoms with van der Waals surface area (Å²) >= 11 is 0. The number of hydrogen-bond donors (Lipinski definition) is 3. The number of hydrogen-bond acceptors (Lipinski definition) is 2. The maximum absolute atomic E-state index is 12.4. The van der Waals surface area contributed by atoms with Crippen LogP contribution in [0.5, 0.6) is 0 Å². The number of amides is 1. The molecule has 5 nitrogen and oxygen atoms in total. The van der Waals surface area contributed by atoms with Crippen LogP contribution in [-0.4, -0.2) is 15.9 Å². The van der Waals surface area contributed by atoms with Crippen molar-refractivity contribution in [1.82, 2.24) is 9.97 Å². The number of aryl methyl sites for hydroxylation is 2. The quantitative estimate of drug-likeness (QED) is 0.675. The zero-order valence-corrected chi connectivity index (χ0v) is 11.8. The Labute approximate surface area is 121 Å². The monoisotopic (exact) mass is 281 g/mol. The molecule has 3 N–H and O–H groups in total. The first-order chi connectivity index (χ1) is 10.1. The molecule has 2 heterocycles. The van der Waals surface area contributed by atoms with Crippen LogP contribution in [0.4, 0.5) is 5.69 Å². The summed E-state index contributed by atoms with van der Waals surface area (Å²) in [6.45, 7) is 3.55. The highest BCUT2D eigenvalue weighted by atomic mass is 16.2. The summed E-state index contributed by atoms with van der Waals surface area (Å²) in [6, 6.07) is 9.26. The molecule has 0 aliphatic rings. The van der Waals surface area contributed by atoms with Crippen LogP contribution in [0.25, 0.3) is 10.9 Å². The van der Waals surface area contributed by atoms with E-state index in [1.807, 2.05) is 30.5 Å². The predicted molar refractivity (Wildman–Crippen MR) is 82.8 cm³/mol. The number of anilines is 1. The van der Waals surface area contributed by atoms with Crippen molar-refractivity contribution in [3.8, 4) is 0 Å². The van der Waals surface area contributed by atoms with Crippen LogP contribution >= 0.6 is 0 Å². The number of aromatic nitrogens is 2. The maximum Gasteiger partial charge on any atom is 0.261 e. The first-order valence-electron chi connectivity index (χ1n) is 6.64. The first-order valence-corrected chi connectivity index (χ1v) is 6.64. The summed E-state index contributed by atoms with van der Waals surface area (Å²) < 4.78 is 0. The Hall–Kier alpha value is -2.82. The Bertz CT molecular complexity index is 890. The van der Waals surface area contributed by atoms with E-state index in [4.69, 9.17) is 0 Å². The molecule has 0 unspecified atom stereocenters. The Morgan fingerprint density at radius 3 is 2.76 bits per heavy atom. The van der Waals surface area contributed by atoms with Gasteiger partial charge in [-0.3, -0.25) is 9.59 Å². The van der Waals surface area contributed by atoms with Gasteiger partial charge in [-0.05, 0) is 43.7 Å². The molecule has 0 atom stereocenters. The average Bonchev–Trinajstić information content (AvgIpc) is 2.86. The van der Waals surface area contributed by atoms with Gasteiger partial charge in [0.05, 0.1) is 5.69 Å². The lowest BCUT2D eigenvalue weighted by molar-refractivity contribution is 0.102. The molecule has 0 spiro atoms. The topological polar surface area (TPSA) is 77.8 Å². The van der Waals surface area contributed by atoms with Gasteiger partial charge in [-0.2, -0.15) is 0 Å². The molecule has 3 aromatic rings. The van der Waals surface area contributed by atoms with E-state index in [1.165, 1.54) is 0 Å². The normalized spacial score (nSPS) is 10.8. The molecule has 0 bridgehead atoms. The molecule has 21 heavy (non-hydrogen) atoms. The third-order valence-corrected chi connectivity index (χ3v) is 3.44. The molecule has 1 amide bonds.